The summed E-state index contributed by atoms with van der Waals surface area (Å²) < 4.78 is 13.6. The largest absolute Gasteiger partial charge is 0.494 e. The second kappa shape index (κ2) is 11.8. The SMILES string of the molecule is CCOc1ccc(NC(=O)CSc2nnc(COc3c(C)cccc3C)n2-c2ccc(C)cc2)cc1. The molecule has 0 fully saturated rings. The Morgan fingerprint density at radius 1 is 0.917 bits per heavy atom. The van der Waals surface area contributed by atoms with Crippen LogP contribution in [0.4, 0.5) is 5.69 Å². The number of anilines is 1. The molecule has 186 valence electrons. The van der Waals surface area contributed by atoms with E-state index in [1.54, 1.807) is 0 Å². The zero-order chi connectivity index (χ0) is 25.5. The minimum Gasteiger partial charge on any atom is -0.494 e. The van der Waals surface area contributed by atoms with Crippen molar-refractivity contribution < 1.29 is 14.3 Å². The van der Waals surface area contributed by atoms with Crippen molar-refractivity contribution >= 4 is 23.4 Å². The molecule has 1 heterocycles. The Kier molecular flexibility index (Phi) is 8.28. The van der Waals surface area contributed by atoms with Gasteiger partial charge in [-0.2, -0.15) is 0 Å². The molecular formula is C28H30N4O3S. The van der Waals surface area contributed by atoms with Crippen molar-refractivity contribution in [2.75, 3.05) is 17.7 Å². The summed E-state index contributed by atoms with van der Waals surface area (Å²) in [6, 6.07) is 21.5. The fourth-order valence-corrected chi connectivity index (χ4v) is 4.50. The zero-order valence-electron chi connectivity index (χ0n) is 20.9. The van der Waals surface area contributed by atoms with Gasteiger partial charge in [-0.05, 0) is 75.2 Å². The molecule has 1 amide bonds. The van der Waals surface area contributed by atoms with Crippen LogP contribution in [0.15, 0.2) is 71.9 Å². The van der Waals surface area contributed by atoms with E-state index < -0.39 is 0 Å². The van der Waals surface area contributed by atoms with E-state index in [0.717, 1.165) is 33.9 Å². The Hall–Kier alpha value is -3.78. The zero-order valence-corrected chi connectivity index (χ0v) is 21.8. The molecule has 8 heteroatoms. The van der Waals surface area contributed by atoms with E-state index in [1.807, 2.05) is 99.0 Å². The molecule has 4 aromatic rings. The monoisotopic (exact) mass is 502 g/mol. The number of benzene rings is 3. The van der Waals surface area contributed by atoms with Crippen molar-refractivity contribution in [3.8, 4) is 17.2 Å². The molecular weight excluding hydrogens is 472 g/mol. The van der Waals surface area contributed by atoms with Crippen LogP contribution in [0.1, 0.15) is 29.4 Å². The van der Waals surface area contributed by atoms with Gasteiger partial charge >= 0.3 is 0 Å². The molecule has 0 atom stereocenters. The third-order valence-electron chi connectivity index (χ3n) is 5.53. The average molecular weight is 503 g/mol. The van der Waals surface area contributed by atoms with Crippen LogP contribution in [0.2, 0.25) is 0 Å². The first-order valence-corrected chi connectivity index (χ1v) is 12.8. The van der Waals surface area contributed by atoms with Crippen LogP contribution in [0.5, 0.6) is 11.5 Å². The summed E-state index contributed by atoms with van der Waals surface area (Å²) in [5, 5.41) is 12.3. The normalized spacial score (nSPS) is 10.8. The molecule has 1 aromatic heterocycles. The number of hydrogen-bond donors (Lipinski definition) is 1. The molecule has 0 saturated carbocycles. The van der Waals surface area contributed by atoms with Crippen molar-refractivity contribution in [1.82, 2.24) is 14.8 Å². The smallest absolute Gasteiger partial charge is 0.234 e. The Bertz CT molecular complexity index is 1300. The minimum absolute atomic E-state index is 0.129. The third kappa shape index (κ3) is 6.26. The molecule has 3 aromatic carbocycles. The first-order chi connectivity index (χ1) is 17.4. The van der Waals surface area contributed by atoms with Gasteiger partial charge in [0.05, 0.1) is 12.4 Å². The second-order valence-corrected chi connectivity index (χ2v) is 9.32. The van der Waals surface area contributed by atoms with Gasteiger partial charge in [-0.25, -0.2) is 0 Å². The molecule has 0 spiro atoms. The van der Waals surface area contributed by atoms with E-state index in [1.165, 1.54) is 11.8 Å². The van der Waals surface area contributed by atoms with Gasteiger partial charge in [0.25, 0.3) is 0 Å². The molecule has 0 saturated heterocycles. The molecule has 0 aliphatic carbocycles. The Labute approximate surface area is 215 Å². The van der Waals surface area contributed by atoms with E-state index in [2.05, 4.69) is 15.5 Å². The van der Waals surface area contributed by atoms with Gasteiger partial charge in [-0.3, -0.25) is 9.36 Å². The average Bonchev–Trinajstić information content (AvgIpc) is 3.27. The van der Waals surface area contributed by atoms with Crippen molar-refractivity contribution in [2.24, 2.45) is 0 Å². The second-order valence-electron chi connectivity index (χ2n) is 8.37. The fourth-order valence-electron chi connectivity index (χ4n) is 3.73. The number of amides is 1. The van der Waals surface area contributed by atoms with Crippen LogP contribution in [0.3, 0.4) is 0 Å². The van der Waals surface area contributed by atoms with Crippen LogP contribution in [0.25, 0.3) is 5.69 Å². The van der Waals surface area contributed by atoms with Crippen LogP contribution in [-0.2, 0) is 11.4 Å². The van der Waals surface area contributed by atoms with Gasteiger partial charge in [0.15, 0.2) is 11.0 Å². The number of carbonyl (C=O) groups is 1. The summed E-state index contributed by atoms with van der Waals surface area (Å²) in [5.41, 5.74) is 4.92. The number of carbonyl (C=O) groups excluding carboxylic acids is 1. The van der Waals surface area contributed by atoms with E-state index in [0.29, 0.717) is 23.3 Å². The predicted molar refractivity (Wildman–Crippen MR) is 143 cm³/mol. The van der Waals surface area contributed by atoms with Crippen LogP contribution < -0.4 is 14.8 Å². The Morgan fingerprint density at radius 2 is 1.61 bits per heavy atom. The number of thioether (sulfide) groups is 1. The summed E-state index contributed by atoms with van der Waals surface area (Å²) in [7, 11) is 0. The molecule has 0 aliphatic rings. The minimum atomic E-state index is -0.129. The lowest BCUT2D eigenvalue weighted by Gasteiger charge is -2.14. The van der Waals surface area contributed by atoms with Gasteiger partial charge in [0.1, 0.15) is 18.1 Å². The molecule has 0 unspecified atom stereocenters. The number of ether oxygens (including phenoxy) is 2. The summed E-state index contributed by atoms with van der Waals surface area (Å²) in [5.74, 6) is 2.34. The van der Waals surface area contributed by atoms with Gasteiger partial charge < -0.3 is 14.8 Å². The van der Waals surface area contributed by atoms with E-state index in [4.69, 9.17) is 9.47 Å². The van der Waals surface area contributed by atoms with E-state index in [-0.39, 0.29) is 18.3 Å². The lowest BCUT2D eigenvalue weighted by atomic mass is 10.1. The van der Waals surface area contributed by atoms with Crippen molar-refractivity contribution in [3.05, 3.63) is 89.2 Å². The van der Waals surface area contributed by atoms with Crippen molar-refractivity contribution in [2.45, 2.75) is 39.5 Å². The molecule has 0 radical (unpaired) electrons. The van der Waals surface area contributed by atoms with E-state index >= 15 is 0 Å². The predicted octanol–water partition coefficient (Wildman–Crippen LogP) is 5.90. The highest BCUT2D eigenvalue weighted by Crippen LogP contribution is 2.26. The number of aryl methyl sites for hydroxylation is 3. The van der Waals surface area contributed by atoms with Gasteiger partial charge in [0, 0.05) is 11.4 Å². The molecule has 1 N–H and O–H groups in total. The van der Waals surface area contributed by atoms with Crippen LogP contribution in [0, 0.1) is 20.8 Å². The third-order valence-corrected chi connectivity index (χ3v) is 6.46. The molecule has 36 heavy (non-hydrogen) atoms. The molecule has 0 aliphatic heterocycles. The highest BCUT2D eigenvalue weighted by Gasteiger charge is 2.17. The number of nitrogens with zero attached hydrogens (tertiary/aromatic N) is 3. The first-order valence-electron chi connectivity index (χ1n) is 11.8. The quantitative estimate of drug-likeness (QED) is 0.272. The van der Waals surface area contributed by atoms with Crippen molar-refractivity contribution in [1.29, 1.82) is 0 Å². The summed E-state index contributed by atoms with van der Waals surface area (Å²) in [6.45, 7) is 8.88. The first kappa shape index (κ1) is 25.3. The van der Waals surface area contributed by atoms with E-state index in [9.17, 15) is 4.79 Å². The number of nitrogens with one attached hydrogen (secondary N) is 1. The Balaban J connectivity index is 1.49. The summed E-state index contributed by atoms with van der Waals surface area (Å²) in [4.78, 5) is 12.6. The van der Waals surface area contributed by atoms with Gasteiger partial charge in [-0.1, -0.05) is 47.7 Å². The standard InChI is InChI=1S/C28H30N4O3S/c1-5-34-24-15-11-22(12-16-24)29-26(33)18-36-28-31-30-25(32(28)23-13-9-19(2)10-14-23)17-35-27-20(3)7-6-8-21(27)4/h6-16H,5,17-18H2,1-4H3,(H,29,33). The number of hydrogen-bond acceptors (Lipinski definition) is 6. The Morgan fingerprint density at radius 3 is 2.28 bits per heavy atom. The lowest BCUT2D eigenvalue weighted by Crippen LogP contribution is -2.14. The highest BCUT2D eigenvalue weighted by molar-refractivity contribution is 7.99. The van der Waals surface area contributed by atoms with Gasteiger partial charge in [-0.15, -0.1) is 10.2 Å². The summed E-state index contributed by atoms with van der Waals surface area (Å²) >= 11 is 1.33. The fraction of sp³-hybridized carbons (Fsp3) is 0.250. The maximum Gasteiger partial charge on any atom is 0.234 e. The number of aromatic nitrogens is 3. The van der Waals surface area contributed by atoms with Crippen LogP contribution >= 0.6 is 11.8 Å². The number of rotatable bonds is 10. The number of para-hydroxylation sites is 1. The molecule has 7 nitrogen and oxygen atoms in total. The van der Waals surface area contributed by atoms with Crippen molar-refractivity contribution in [3.63, 3.8) is 0 Å². The maximum atomic E-state index is 12.6. The van der Waals surface area contributed by atoms with Crippen LogP contribution in [-0.4, -0.2) is 33.0 Å². The maximum absolute atomic E-state index is 12.6. The topological polar surface area (TPSA) is 78.3 Å². The highest BCUT2D eigenvalue weighted by atomic mass is 32.2. The van der Waals surface area contributed by atoms with Gasteiger partial charge in [0.2, 0.25) is 5.91 Å². The lowest BCUT2D eigenvalue weighted by molar-refractivity contribution is -0.113. The molecule has 0 bridgehead atoms. The summed E-state index contributed by atoms with van der Waals surface area (Å²) in [6.07, 6.45) is 0. The molecule has 4 rings (SSSR count).